The van der Waals surface area contributed by atoms with Crippen LogP contribution in [0.4, 0.5) is 0 Å². The van der Waals surface area contributed by atoms with E-state index in [4.69, 9.17) is 4.74 Å². The molecule has 0 radical (unpaired) electrons. The quantitative estimate of drug-likeness (QED) is 0.468. The number of hydrogen-bond acceptors (Lipinski definition) is 2. The minimum Gasteiger partial charge on any atom is -0.462 e. The molecule has 0 aliphatic rings. The molecule has 0 saturated heterocycles. The molecule has 0 saturated carbocycles. The smallest absolute Gasteiger partial charge is 0.333 e. The summed E-state index contributed by atoms with van der Waals surface area (Å²) >= 11 is 0. The van der Waals surface area contributed by atoms with Gasteiger partial charge in [-0.3, -0.25) is 0 Å². The van der Waals surface area contributed by atoms with Crippen molar-refractivity contribution in [2.75, 3.05) is 6.61 Å². The zero-order valence-corrected chi connectivity index (χ0v) is 8.22. The third-order valence-electron chi connectivity index (χ3n) is 1.50. The lowest BCUT2D eigenvalue weighted by Gasteiger charge is -2.01. The van der Waals surface area contributed by atoms with Crippen LogP contribution in [0.2, 0.25) is 0 Å². The predicted molar refractivity (Wildman–Crippen MR) is 49.9 cm³/mol. The normalized spacial score (nSPS) is 11.4. The zero-order valence-electron chi connectivity index (χ0n) is 8.22. The number of unbranched alkanes of at least 4 members (excludes halogenated alkanes) is 1. The maximum Gasteiger partial charge on any atom is 0.333 e. The highest BCUT2D eigenvalue weighted by Gasteiger charge is 2.02. The second-order valence-electron chi connectivity index (χ2n) is 2.81. The van der Waals surface area contributed by atoms with Gasteiger partial charge in [-0.15, -0.1) is 0 Å². The van der Waals surface area contributed by atoms with Crippen molar-refractivity contribution < 1.29 is 9.53 Å². The van der Waals surface area contributed by atoms with Gasteiger partial charge in [-0.05, 0) is 19.8 Å². The van der Waals surface area contributed by atoms with E-state index in [2.05, 4.69) is 6.92 Å². The van der Waals surface area contributed by atoms with E-state index in [0.29, 0.717) is 6.61 Å². The topological polar surface area (TPSA) is 26.3 Å². The molecule has 0 spiro atoms. The molecule has 0 aliphatic carbocycles. The zero-order chi connectivity index (χ0) is 9.40. The van der Waals surface area contributed by atoms with E-state index in [0.717, 1.165) is 24.8 Å². The number of carbonyl (C=O) groups excluding carboxylic acids is 1. The van der Waals surface area contributed by atoms with Crippen molar-refractivity contribution >= 4 is 5.97 Å². The lowest BCUT2D eigenvalue weighted by molar-refractivity contribution is -0.139. The molecule has 0 aromatic rings. The van der Waals surface area contributed by atoms with Gasteiger partial charge in [0.15, 0.2) is 0 Å². The van der Waals surface area contributed by atoms with Gasteiger partial charge in [0.2, 0.25) is 0 Å². The number of allylic oxidation sites excluding steroid dienone is 1. The van der Waals surface area contributed by atoms with E-state index < -0.39 is 0 Å². The summed E-state index contributed by atoms with van der Waals surface area (Å²) in [6, 6.07) is 0. The minimum atomic E-state index is -0.176. The molecule has 0 aromatic heterocycles. The van der Waals surface area contributed by atoms with E-state index in [1.54, 1.807) is 6.92 Å². The molecule has 2 nitrogen and oxygen atoms in total. The SMILES string of the molecule is CCCC=C(C)C(=O)OCCC. The number of hydrogen-bond donors (Lipinski definition) is 0. The molecule has 0 atom stereocenters. The average molecular weight is 170 g/mol. The summed E-state index contributed by atoms with van der Waals surface area (Å²) in [5.74, 6) is -0.176. The van der Waals surface area contributed by atoms with Gasteiger partial charge in [0.05, 0.1) is 6.61 Å². The lowest BCUT2D eigenvalue weighted by Crippen LogP contribution is -2.06. The van der Waals surface area contributed by atoms with Crippen molar-refractivity contribution in [1.82, 2.24) is 0 Å². The van der Waals surface area contributed by atoms with Crippen LogP contribution in [0.3, 0.4) is 0 Å². The third kappa shape index (κ3) is 4.94. The summed E-state index contributed by atoms with van der Waals surface area (Å²) in [4.78, 5) is 11.1. The van der Waals surface area contributed by atoms with Crippen LogP contribution in [0.5, 0.6) is 0 Å². The Balaban J connectivity index is 3.75. The van der Waals surface area contributed by atoms with Gasteiger partial charge in [0, 0.05) is 5.57 Å². The Kier molecular flexibility index (Phi) is 6.44. The van der Waals surface area contributed by atoms with Gasteiger partial charge >= 0.3 is 5.97 Å². The molecule has 0 fully saturated rings. The Morgan fingerprint density at radius 3 is 2.50 bits per heavy atom. The molecule has 0 unspecified atom stereocenters. The van der Waals surface area contributed by atoms with Crippen LogP contribution in [0.15, 0.2) is 11.6 Å². The van der Waals surface area contributed by atoms with Crippen LogP contribution in [0, 0.1) is 0 Å². The van der Waals surface area contributed by atoms with Gasteiger partial charge in [0.1, 0.15) is 0 Å². The minimum absolute atomic E-state index is 0.176. The van der Waals surface area contributed by atoms with Crippen molar-refractivity contribution in [3.8, 4) is 0 Å². The first-order valence-electron chi connectivity index (χ1n) is 4.56. The van der Waals surface area contributed by atoms with Gasteiger partial charge < -0.3 is 4.74 Å². The highest BCUT2D eigenvalue weighted by atomic mass is 16.5. The van der Waals surface area contributed by atoms with Gasteiger partial charge in [0.25, 0.3) is 0 Å². The number of carbonyl (C=O) groups is 1. The van der Waals surface area contributed by atoms with E-state index >= 15 is 0 Å². The molecule has 0 N–H and O–H groups in total. The second-order valence-corrected chi connectivity index (χ2v) is 2.81. The van der Waals surface area contributed by atoms with Gasteiger partial charge in [-0.1, -0.05) is 26.3 Å². The Morgan fingerprint density at radius 1 is 1.33 bits per heavy atom. The third-order valence-corrected chi connectivity index (χ3v) is 1.50. The predicted octanol–water partition coefficient (Wildman–Crippen LogP) is 2.69. The summed E-state index contributed by atoms with van der Waals surface area (Å²) in [5.41, 5.74) is 0.727. The van der Waals surface area contributed by atoms with E-state index in [1.807, 2.05) is 13.0 Å². The maximum atomic E-state index is 11.1. The number of rotatable bonds is 5. The fraction of sp³-hybridized carbons (Fsp3) is 0.700. The summed E-state index contributed by atoms with van der Waals surface area (Å²) in [6.45, 7) is 6.39. The molecular formula is C10H18O2. The Hall–Kier alpha value is -0.790. The Labute approximate surface area is 74.6 Å². The van der Waals surface area contributed by atoms with Crippen LogP contribution in [-0.4, -0.2) is 12.6 Å². The fourth-order valence-electron chi connectivity index (χ4n) is 0.753. The van der Waals surface area contributed by atoms with E-state index in [9.17, 15) is 4.79 Å². The molecule has 0 aliphatic heterocycles. The molecule has 12 heavy (non-hydrogen) atoms. The van der Waals surface area contributed by atoms with Crippen molar-refractivity contribution in [3.63, 3.8) is 0 Å². The number of esters is 1. The average Bonchev–Trinajstić information content (AvgIpc) is 2.10. The molecule has 0 rings (SSSR count). The van der Waals surface area contributed by atoms with Crippen molar-refractivity contribution in [2.45, 2.75) is 40.0 Å². The monoisotopic (exact) mass is 170 g/mol. The standard InChI is InChI=1S/C10H18O2/c1-4-6-7-9(3)10(11)12-8-5-2/h7H,4-6,8H2,1-3H3. The molecular weight excluding hydrogens is 152 g/mol. The second kappa shape index (κ2) is 6.89. The molecule has 70 valence electrons. The lowest BCUT2D eigenvalue weighted by atomic mass is 10.2. The molecule has 0 amide bonds. The molecule has 0 bridgehead atoms. The van der Waals surface area contributed by atoms with Crippen LogP contribution >= 0.6 is 0 Å². The maximum absolute atomic E-state index is 11.1. The van der Waals surface area contributed by atoms with Gasteiger partial charge in [-0.25, -0.2) is 4.79 Å². The Morgan fingerprint density at radius 2 is 2.00 bits per heavy atom. The first-order valence-corrected chi connectivity index (χ1v) is 4.56. The van der Waals surface area contributed by atoms with Crippen LogP contribution in [0.25, 0.3) is 0 Å². The molecule has 0 aromatic carbocycles. The summed E-state index contributed by atoms with van der Waals surface area (Å²) in [7, 11) is 0. The van der Waals surface area contributed by atoms with Crippen molar-refractivity contribution in [2.24, 2.45) is 0 Å². The van der Waals surface area contributed by atoms with Crippen molar-refractivity contribution in [3.05, 3.63) is 11.6 Å². The van der Waals surface area contributed by atoms with Crippen LogP contribution < -0.4 is 0 Å². The van der Waals surface area contributed by atoms with Crippen LogP contribution in [0.1, 0.15) is 40.0 Å². The van der Waals surface area contributed by atoms with E-state index in [1.165, 1.54) is 0 Å². The molecule has 0 heterocycles. The Bertz CT molecular complexity index is 159. The van der Waals surface area contributed by atoms with E-state index in [-0.39, 0.29) is 5.97 Å². The van der Waals surface area contributed by atoms with Crippen molar-refractivity contribution in [1.29, 1.82) is 0 Å². The molecule has 2 heteroatoms. The fourth-order valence-corrected chi connectivity index (χ4v) is 0.753. The van der Waals surface area contributed by atoms with Gasteiger partial charge in [-0.2, -0.15) is 0 Å². The highest BCUT2D eigenvalue weighted by molar-refractivity contribution is 5.87. The number of ether oxygens (including phenoxy) is 1. The first-order chi connectivity index (χ1) is 5.72. The summed E-state index contributed by atoms with van der Waals surface area (Å²) < 4.78 is 4.94. The largest absolute Gasteiger partial charge is 0.462 e. The summed E-state index contributed by atoms with van der Waals surface area (Å²) in [6.07, 6.45) is 4.83. The van der Waals surface area contributed by atoms with Crippen LogP contribution in [-0.2, 0) is 9.53 Å². The summed E-state index contributed by atoms with van der Waals surface area (Å²) in [5, 5.41) is 0. The first kappa shape index (κ1) is 11.2. The highest BCUT2D eigenvalue weighted by Crippen LogP contribution is 2.00.